The SMILES string of the molecule is CCN1CC=C(c2ccc3nc(-c4ccc5c(cnn5C)c4)cc(=O)n3c2)CC1.Cc1cn2cc(-c3ccc4nc(C5CCN(C(C)C)CC5)cc(=O)n4c3)ccc2n1.Cc1cn2cc(-c3ccc4nc(C5CCN(C)CC5)cc(=O)n4c3)cc(F)c2n1.Cc1cn2cc(-c3ccc4nc(C5CCN(C)CC5)cc(=O)n4c3)ccc2n1.Cc1cn2nc(-c3cc(=O)n4cc(N5CCC(N(C)C)CC5)cc(C)c4n3)cc2c(C)n1. The maximum absolute atomic E-state index is 14.5. The number of likely N-dealkylation sites (N-methyl/N-ethyl adjacent to an activating group) is 1. The first-order valence-electron chi connectivity index (χ1n) is 51.4. The zero-order valence-corrected chi connectivity index (χ0v) is 86.4. The van der Waals surface area contributed by atoms with Crippen molar-refractivity contribution in [2.24, 2.45) is 7.05 Å². The van der Waals surface area contributed by atoms with Gasteiger partial charge in [-0.25, -0.2) is 48.8 Å². The molecule has 0 saturated carbocycles. The van der Waals surface area contributed by atoms with Gasteiger partial charge in [0, 0.05) is 195 Å². The number of fused-ring (bicyclic) bond motifs is 10. The molecule has 5 aliphatic heterocycles. The summed E-state index contributed by atoms with van der Waals surface area (Å²) >= 11 is 0. The van der Waals surface area contributed by atoms with Crippen LogP contribution in [0.4, 0.5) is 10.1 Å². The van der Waals surface area contributed by atoms with Crippen molar-refractivity contribution in [3.63, 3.8) is 0 Å². The number of aryl methyl sites for hydroxylation is 7. The van der Waals surface area contributed by atoms with Gasteiger partial charge in [0.2, 0.25) is 0 Å². The average molecular weight is 1980 g/mol. The van der Waals surface area contributed by atoms with Gasteiger partial charge in [0.05, 0.1) is 86.1 Å². The van der Waals surface area contributed by atoms with E-state index >= 15 is 0 Å². The predicted molar refractivity (Wildman–Crippen MR) is 581 cm³/mol. The lowest BCUT2D eigenvalue weighted by Gasteiger charge is -2.36. The third kappa shape index (κ3) is 20.8. The van der Waals surface area contributed by atoms with E-state index < -0.39 is 5.82 Å². The van der Waals surface area contributed by atoms with E-state index in [0.717, 1.165) is 253 Å². The van der Waals surface area contributed by atoms with Crippen LogP contribution in [0.15, 0.2) is 250 Å². The minimum atomic E-state index is -0.390. The van der Waals surface area contributed by atoms with Crippen LogP contribution in [0.3, 0.4) is 0 Å². The Morgan fingerprint density at radius 1 is 0.392 bits per heavy atom. The molecule has 0 N–H and O–H groups in total. The van der Waals surface area contributed by atoms with Crippen LogP contribution in [0.1, 0.15) is 153 Å². The lowest BCUT2D eigenvalue weighted by molar-refractivity contribution is 0.171. The van der Waals surface area contributed by atoms with Crippen LogP contribution in [0.2, 0.25) is 0 Å². The monoisotopic (exact) mass is 1980 g/mol. The second-order valence-electron chi connectivity index (χ2n) is 41.0. The summed E-state index contributed by atoms with van der Waals surface area (Å²) in [7, 11) is 10.5. The van der Waals surface area contributed by atoms with Crippen molar-refractivity contribution in [2.75, 3.05) is 105 Å². The van der Waals surface area contributed by atoms with Gasteiger partial charge in [-0.2, -0.15) is 10.2 Å². The van der Waals surface area contributed by atoms with E-state index in [1.54, 1.807) is 64.7 Å². The number of anilines is 1. The molecule has 4 saturated heterocycles. The molecule has 0 aliphatic carbocycles. The number of hydrogen-bond donors (Lipinski definition) is 0. The van der Waals surface area contributed by atoms with Gasteiger partial charge in [-0.3, -0.25) is 60.5 Å². The van der Waals surface area contributed by atoms with Crippen LogP contribution in [0, 0.1) is 47.4 Å². The van der Waals surface area contributed by atoms with Crippen LogP contribution in [-0.4, -0.2) is 236 Å². The molecule has 24 heterocycles. The minimum absolute atomic E-state index is 0.0114. The van der Waals surface area contributed by atoms with Crippen LogP contribution in [0.5, 0.6) is 0 Å². The molecule has 148 heavy (non-hydrogen) atoms. The molecule has 0 radical (unpaired) electrons. The molecule has 19 aromatic heterocycles. The van der Waals surface area contributed by atoms with Gasteiger partial charge in [0.25, 0.3) is 27.8 Å². The van der Waals surface area contributed by atoms with Crippen molar-refractivity contribution in [2.45, 2.75) is 150 Å². The van der Waals surface area contributed by atoms with E-state index in [2.05, 4.69) is 127 Å². The normalized spacial score (nSPS) is 15.8. The summed E-state index contributed by atoms with van der Waals surface area (Å²) in [5, 5.41) is 9.97. The van der Waals surface area contributed by atoms with Gasteiger partial charge in [0.1, 0.15) is 45.2 Å². The first-order valence-corrected chi connectivity index (χ1v) is 51.4. The number of hydrogen-bond acceptors (Lipinski definition) is 22. The van der Waals surface area contributed by atoms with E-state index in [4.69, 9.17) is 24.9 Å². The molecule has 0 bridgehead atoms. The highest BCUT2D eigenvalue weighted by atomic mass is 19.1. The molecule has 0 amide bonds. The van der Waals surface area contributed by atoms with E-state index in [9.17, 15) is 28.4 Å². The number of benzene rings is 1. The predicted octanol–water partition coefficient (Wildman–Crippen LogP) is 16.5. The maximum Gasteiger partial charge on any atom is 0.258 e. The van der Waals surface area contributed by atoms with Crippen molar-refractivity contribution in [1.29, 1.82) is 0 Å². The average Bonchev–Trinajstić information content (AvgIpc) is 1.84. The smallest absolute Gasteiger partial charge is 0.258 e. The topological polar surface area (TPSA) is 291 Å². The minimum Gasteiger partial charge on any atom is -0.370 e. The highest BCUT2D eigenvalue weighted by molar-refractivity contribution is 5.84. The summed E-state index contributed by atoms with van der Waals surface area (Å²) in [5.41, 5.74) is 27.3. The number of piperidine rings is 4. The Bertz CT molecular complexity index is 8850. The third-order valence-corrected chi connectivity index (χ3v) is 30.1. The molecule has 33 heteroatoms. The second kappa shape index (κ2) is 41.4. The van der Waals surface area contributed by atoms with Crippen LogP contribution in [-0.2, 0) is 7.05 Å². The summed E-state index contributed by atoms with van der Waals surface area (Å²) in [4.78, 5) is 120. The fraction of sp³-hybridized carbons (Fsp3) is 0.339. The molecule has 0 spiro atoms. The van der Waals surface area contributed by atoms with Gasteiger partial charge in [-0.15, -0.1) is 0 Å². The molecule has 32 nitrogen and oxygen atoms in total. The number of likely N-dealkylation sites (tertiary alicyclic amines) is 3. The quantitative estimate of drug-likeness (QED) is 0.104. The first kappa shape index (κ1) is 98.5. The highest BCUT2D eigenvalue weighted by Gasteiger charge is 2.29. The largest absolute Gasteiger partial charge is 0.370 e. The van der Waals surface area contributed by atoms with Gasteiger partial charge in [-0.1, -0.05) is 19.1 Å². The molecule has 5 aliphatic rings. The Morgan fingerprint density at radius 2 is 0.858 bits per heavy atom. The first-order chi connectivity index (χ1) is 71.4. The summed E-state index contributed by atoms with van der Waals surface area (Å²) in [6.45, 7) is 29.7. The summed E-state index contributed by atoms with van der Waals surface area (Å²) in [5.74, 6) is 0.674. The molecule has 20 aromatic rings. The Hall–Kier alpha value is -15.6. The van der Waals surface area contributed by atoms with Gasteiger partial charge < -0.3 is 37.7 Å². The third-order valence-electron chi connectivity index (χ3n) is 30.1. The van der Waals surface area contributed by atoms with Crippen molar-refractivity contribution >= 4 is 72.9 Å². The number of halogens is 1. The number of rotatable bonds is 13. The lowest BCUT2D eigenvalue weighted by atomic mass is 9.92. The molecule has 25 rings (SSSR count). The lowest BCUT2D eigenvalue weighted by Crippen LogP contribution is -2.42. The summed E-state index contributed by atoms with van der Waals surface area (Å²) < 4.78 is 32.0. The number of pyridine rings is 8. The zero-order valence-electron chi connectivity index (χ0n) is 86.4. The van der Waals surface area contributed by atoms with E-state index in [1.807, 2.05) is 226 Å². The molecule has 756 valence electrons. The zero-order chi connectivity index (χ0) is 103. The van der Waals surface area contributed by atoms with Crippen LogP contribution < -0.4 is 32.7 Å². The van der Waals surface area contributed by atoms with Gasteiger partial charge >= 0.3 is 0 Å². The van der Waals surface area contributed by atoms with Gasteiger partial charge in [-0.05, 0) is 318 Å². The highest BCUT2D eigenvalue weighted by Crippen LogP contribution is 2.35. The Morgan fingerprint density at radius 3 is 1.39 bits per heavy atom. The van der Waals surface area contributed by atoms with Crippen molar-refractivity contribution in [3.8, 4) is 56.0 Å². The second-order valence-corrected chi connectivity index (χ2v) is 41.0. The van der Waals surface area contributed by atoms with Crippen molar-refractivity contribution < 1.29 is 4.39 Å². The molecular formula is C115H124FN27O5. The molecule has 1 aromatic carbocycles. The molecule has 0 atom stereocenters. The molecular weight excluding hydrogens is 1860 g/mol. The fourth-order valence-corrected chi connectivity index (χ4v) is 21.5. The molecule has 4 fully saturated rings. The Balaban J connectivity index is 0.000000108. The summed E-state index contributed by atoms with van der Waals surface area (Å²) in [6, 6.07) is 44.8. The van der Waals surface area contributed by atoms with Crippen molar-refractivity contribution in [3.05, 3.63) is 340 Å². The van der Waals surface area contributed by atoms with Crippen molar-refractivity contribution in [1.82, 2.24) is 124 Å². The Kier molecular flexibility index (Phi) is 27.5. The van der Waals surface area contributed by atoms with Crippen LogP contribution in [0.25, 0.3) is 123 Å². The maximum atomic E-state index is 14.5. The van der Waals surface area contributed by atoms with Crippen LogP contribution >= 0.6 is 0 Å². The fourth-order valence-electron chi connectivity index (χ4n) is 21.5. The number of imidazole rings is 3. The standard InChI is InChI=1S/C24H29N7O.C24H27N5O.C23H23N5O.C22H22FN5O.C22H23N5O/c1-15-10-19(29-8-6-18(7-9-29)28(4)5)14-30-23(32)12-20(26-24(15)30)21-11-22-17(3)25-16(2)13-31(22)27-21;1-16(2)27-10-8-18(9-11-27)21-12-24(30)29-15-20(5-7-23(29)26-21)19-4-6-22-25-17(3)13-28(22)14-19;1-3-27-10-8-16(9-11-27)18-5-7-22-25-20(13-23(29)28(22)15-18)17-4-6-21-19(12-17)14-24-26(21)2;1-14-11-27-12-17(9-18(23)22(27)24-14)16-3-4-20-25-19(10-21(29)28(20)13-16)15-5-7-26(2)8-6-15;1-15-12-26-13-17(3-5-20(26)23-15)18-4-6-21-24-19(11-22(28)27(21)14-18)16-7-9-25(2)10-8-16/h10-14,18H,6-9H2,1-5H3;4-7,12-16,18H,8-11H2,1-3H3;4-8,12-15H,3,9-11H2,1-2H3;3-4,9-13,15H,5-8H2,1-2H3;3-6,11-14,16H,7-10H2,1-2H3. The van der Waals surface area contributed by atoms with E-state index in [-0.39, 0.29) is 27.8 Å². The number of nitrogens with zero attached hydrogens (tertiary/aromatic N) is 27. The number of aromatic nitrogens is 21. The van der Waals surface area contributed by atoms with E-state index in [0.29, 0.717) is 86.4 Å². The molecule has 0 unspecified atom stereocenters. The summed E-state index contributed by atoms with van der Waals surface area (Å²) in [6.07, 6.45) is 36.6. The Labute approximate surface area is 854 Å². The van der Waals surface area contributed by atoms with Gasteiger partial charge in [0.15, 0.2) is 11.5 Å². The van der Waals surface area contributed by atoms with E-state index in [1.165, 1.54) is 16.0 Å².